The number of nitrogens with zero attached hydrogens (tertiary/aromatic N) is 2. The molecule has 1 fully saturated rings. The molecule has 2 N–H and O–H groups in total. The third-order valence-electron chi connectivity index (χ3n) is 4.00. The van der Waals surface area contributed by atoms with Gasteiger partial charge in [0.1, 0.15) is 11.3 Å². The minimum Gasteiger partial charge on any atom is -0.481 e. The maximum Gasteiger partial charge on any atom is 0.260 e. The number of benzene rings is 1. The van der Waals surface area contributed by atoms with Gasteiger partial charge in [-0.3, -0.25) is 9.78 Å². The first kappa shape index (κ1) is 20.8. The van der Waals surface area contributed by atoms with Crippen LogP contribution in [0, 0.1) is 0 Å². The second-order valence-corrected chi connectivity index (χ2v) is 5.76. The fraction of sp³-hybridized carbons (Fsp3) is 0.375. The largest absolute Gasteiger partial charge is 0.481 e. The van der Waals surface area contributed by atoms with E-state index < -0.39 is 0 Å². The zero-order chi connectivity index (χ0) is 15.5. The summed E-state index contributed by atoms with van der Waals surface area (Å²) in [7, 11) is 0. The summed E-state index contributed by atoms with van der Waals surface area (Å²) in [5.74, 6) is 0.531. The van der Waals surface area contributed by atoms with E-state index in [0.29, 0.717) is 22.8 Å². The summed E-state index contributed by atoms with van der Waals surface area (Å²) in [5.41, 5.74) is 6.37. The summed E-state index contributed by atoms with van der Waals surface area (Å²) in [6, 6.07) is 7.33. The number of nitrogens with two attached hydrogens (primary N) is 1. The minimum atomic E-state index is -0.0352. The van der Waals surface area contributed by atoms with E-state index in [1.54, 1.807) is 18.3 Å². The minimum absolute atomic E-state index is 0. The van der Waals surface area contributed by atoms with Gasteiger partial charge in [0.05, 0.1) is 5.02 Å². The Balaban J connectivity index is 0.00000144. The summed E-state index contributed by atoms with van der Waals surface area (Å²) >= 11 is 6.15. The molecule has 8 heteroatoms. The molecule has 0 aliphatic carbocycles. The lowest BCUT2D eigenvalue weighted by Gasteiger charge is -2.23. The number of ether oxygens (including phenoxy) is 1. The number of pyridine rings is 1. The van der Waals surface area contributed by atoms with Crippen LogP contribution in [0.1, 0.15) is 12.8 Å². The normalized spacial score (nSPS) is 16.4. The van der Waals surface area contributed by atoms with Gasteiger partial charge in [0.25, 0.3) is 5.91 Å². The monoisotopic (exact) mass is 391 g/mol. The molecule has 1 saturated heterocycles. The van der Waals surface area contributed by atoms with Crippen molar-refractivity contribution < 1.29 is 9.53 Å². The number of amides is 1. The third-order valence-corrected chi connectivity index (χ3v) is 4.33. The van der Waals surface area contributed by atoms with E-state index in [1.165, 1.54) is 0 Å². The molecule has 132 valence electrons. The first-order chi connectivity index (χ1) is 10.7. The Bertz CT molecular complexity index is 699. The summed E-state index contributed by atoms with van der Waals surface area (Å²) < 4.78 is 5.69. The molecule has 3 rings (SSSR count). The highest BCUT2D eigenvalue weighted by atomic mass is 35.5. The van der Waals surface area contributed by atoms with Crippen molar-refractivity contribution in [3.63, 3.8) is 0 Å². The summed E-state index contributed by atoms with van der Waals surface area (Å²) in [6.45, 7) is 1.24. The lowest BCUT2D eigenvalue weighted by molar-refractivity contribution is -0.134. The second kappa shape index (κ2) is 9.28. The average Bonchev–Trinajstić information content (AvgIpc) is 3.03. The van der Waals surface area contributed by atoms with E-state index in [4.69, 9.17) is 22.1 Å². The Hall–Kier alpha value is -1.27. The number of hydrogen-bond donors (Lipinski definition) is 1. The van der Waals surface area contributed by atoms with Crippen molar-refractivity contribution in [3.8, 4) is 5.75 Å². The van der Waals surface area contributed by atoms with Crippen molar-refractivity contribution in [1.82, 2.24) is 9.88 Å². The quantitative estimate of drug-likeness (QED) is 0.868. The molecule has 1 unspecified atom stereocenters. The van der Waals surface area contributed by atoms with Crippen molar-refractivity contribution in [2.24, 2.45) is 5.73 Å². The molecule has 0 spiro atoms. The van der Waals surface area contributed by atoms with Crippen LogP contribution in [0.3, 0.4) is 0 Å². The number of halogens is 3. The zero-order valence-electron chi connectivity index (χ0n) is 13.0. The van der Waals surface area contributed by atoms with Crippen LogP contribution in [0.5, 0.6) is 5.75 Å². The van der Waals surface area contributed by atoms with Gasteiger partial charge in [-0.05, 0) is 37.1 Å². The van der Waals surface area contributed by atoms with Crippen molar-refractivity contribution in [3.05, 3.63) is 35.5 Å². The lowest BCUT2D eigenvalue weighted by atomic mass is 10.2. The number of likely N-dealkylation sites (tertiary alicyclic amines) is 1. The Kier molecular flexibility index (Phi) is 8.03. The number of carbonyl (C=O) groups excluding carboxylic acids is 1. The van der Waals surface area contributed by atoms with E-state index >= 15 is 0 Å². The molecule has 2 aromatic rings. The average molecular weight is 393 g/mol. The first-order valence-corrected chi connectivity index (χ1v) is 7.74. The van der Waals surface area contributed by atoms with Crippen LogP contribution in [0.15, 0.2) is 30.5 Å². The molecule has 0 bridgehead atoms. The van der Waals surface area contributed by atoms with Crippen LogP contribution in [0.2, 0.25) is 5.02 Å². The SMILES string of the molecule is Cl.Cl.NCC1CCCN1C(=O)COc1ccc(Cl)c2cccnc12. The third kappa shape index (κ3) is 4.22. The molecule has 24 heavy (non-hydrogen) atoms. The Labute approximate surface area is 158 Å². The highest BCUT2D eigenvalue weighted by Gasteiger charge is 2.27. The number of rotatable bonds is 4. The molecule has 1 amide bonds. The van der Waals surface area contributed by atoms with Gasteiger partial charge in [0, 0.05) is 30.7 Å². The molecule has 5 nitrogen and oxygen atoms in total. The maximum absolute atomic E-state index is 12.3. The van der Waals surface area contributed by atoms with Gasteiger partial charge >= 0.3 is 0 Å². The van der Waals surface area contributed by atoms with Gasteiger partial charge in [-0.2, -0.15) is 0 Å². The summed E-state index contributed by atoms with van der Waals surface area (Å²) in [6.07, 6.45) is 3.64. The predicted octanol–water partition coefficient (Wildman–Crippen LogP) is 3.06. The van der Waals surface area contributed by atoms with Crippen LogP contribution < -0.4 is 10.5 Å². The van der Waals surface area contributed by atoms with Crippen LogP contribution in [0.25, 0.3) is 10.9 Å². The van der Waals surface area contributed by atoms with Crippen molar-refractivity contribution >= 4 is 53.2 Å². The van der Waals surface area contributed by atoms with Gasteiger partial charge in [-0.25, -0.2) is 0 Å². The van der Waals surface area contributed by atoms with Crippen LogP contribution in [0.4, 0.5) is 0 Å². The smallest absolute Gasteiger partial charge is 0.260 e. The Morgan fingerprint density at radius 3 is 2.92 bits per heavy atom. The van der Waals surface area contributed by atoms with Crippen LogP contribution in [-0.4, -0.2) is 41.5 Å². The first-order valence-electron chi connectivity index (χ1n) is 7.36. The predicted molar refractivity (Wildman–Crippen MR) is 101 cm³/mol. The van der Waals surface area contributed by atoms with Crippen molar-refractivity contribution in [2.45, 2.75) is 18.9 Å². The molecule has 1 aromatic heterocycles. The topological polar surface area (TPSA) is 68.5 Å². The Morgan fingerprint density at radius 1 is 1.38 bits per heavy atom. The van der Waals surface area contributed by atoms with Gasteiger partial charge in [0.15, 0.2) is 6.61 Å². The maximum atomic E-state index is 12.3. The lowest BCUT2D eigenvalue weighted by Crippen LogP contribution is -2.42. The van der Waals surface area contributed by atoms with Gasteiger partial charge in [-0.1, -0.05) is 11.6 Å². The van der Waals surface area contributed by atoms with E-state index in [1.807, 2.05) is 17.0 Å². The van der Waals surface area contributed by atoms with Gasteiger partial charge in [0.2, 0.25) is 0 Å². The number of aromatic nitrogens is 1. The van der Waals surface area contributed by atoms with Crippen LogP contribution in [-0.2, 0) is 4.79 Å². The molecule has 1 aromatic carbocycles. The van der Waals surface area contributed by atoms with E-state index in [2.05, 4.69) is 4.98 Å². The van der Waals surface area contributed by atoms with Crippen molar-refractivity contribution in [2.75, 3.05) is 19.7 Å². The Morgan fingerprint density at radius 2 is 2.17 bits per heavy atom. The van der Waals surface area contributed by atoms with E-state index in [-0.39, 0.29) is 43.4 Å². The number of fused-ring (bicyclic) bond motifs is 1. The highest BCUT2D eigenvalue weighted by Crippen LogP contribution is 2.29. The fourth-order valence-corrected chi connectivity index (χ4v) is 3.08. The molecule has 1 atom stereocenters. The molecule has 0 saturated carbocycles. The molecule has 1 aliphatic heterocycles. The fourth-order valence-electron chi connectivity index (χ4n) is 2.86. The molecule has 1 aliphatic rings. The summed E-state index contributed by atoms with van der Waals surface area (Å²) in [5, 5.41) is 1.43. The van der Waals surface area contributed by atoms with Gasteiger partial charge in [-0.15, -0.1) is 24.8 Å². The highest BCUT2D eigenvalue weighted by molar-refractivity contribution is 6.35. The standard InChI is InChI=1S/C16H18ClN3O2.2ClH/c17-13-5-6-14(16-12(13)4-1-7-19-16)22-10-15(21)20-8-2-3-11(20)9-18;;/h1,4-7,11H,2-3,8-10,18H2;2*1H. The second-order valence-electron chi connectivity index (χ2n) is 5.35. The molecular formula is C16H20Cl3N3O2. The van der Waals surface area contributed by atoms with Crippen molar-refractivity contribution in [1.29, 1.82) is 0 Å². The van der Waals surface area contributed by atoms with Gasteiger partial charge < -0.3 is 15.4 Å². The molecule has 0 radical (unpaired) electrons. The molecule has 2 heterocycles. The zero-order valence-corrected chi connectivity index (χ0v) is 15.4. The van der Waals surface area contributed by atoms with E-state index in [0.717, 1.165) is 24.8 Å². The van der Waals surface area contributed by atoms with E-state index in [9.17, 15) is 4.79 Å². The van der Waals surface area contributed by atoms with Crippen LogP contribution >= 0.6 is 36.4 Å². The number of carbonyl (C=O) groups is 1. The number of hydrogen-bond acceptors (Lipinski definition) is 4. The molecular weight excluding hydrogens is 373 g/mol. The summed E-state index contributed by atoms with van der Waals surface area (Å²) in [4.78, 5) is 18.4.